The number of nitrogens with zero attached hydrogens (tertiary/aromatic N) is 2. The molecule has 2 rings (SSSR count). The van der Waals surface area contributed by atoms with Crippen molar-refractivity contribution >= 4 is 23.6 Å². The van der Waals surface area contributed by atoms with E-state index in [1.807, 2.05) is 18.2 Å². The van der Waals surface area contributed by atoms with Crippen LogP contribution in [-0.4, -0.2) is 47.3 Å². The van der Waals surface area contributed by atoms with E-state index in [2.05, 4.69) is 0 Å². The van der Waals surface area contributed by atoms with E-state index in [0.717, 1.165) is 18.4 Å². The lowest BCUT2D eigenvalue weighted by Gasteiger charge is -2.37. The maximum Gasteiger partial charge on any atom is 0.428 e. The van der Waals surface area contributed by atoms with Crippen LogP contribution in [0.4, 0.5) is 4.79 Å². The summed E-state index contributed by atoms with van der Waals surface area (Å²) in [6.07, 6.45) is 1.37. The van der Waals surface area contributed by atoms with Crippen LogP contribution in [0.3, 0.4) is 0 Å². The van der Waals surface area contributed by atoms with E-state index >= 15 is 0 Å². The zero-order valence-electron chi connectivity index (χ0n) is 14.0. The molecule has 1 saturated heterocycles. The third-order valence-corrected chi connectivity index (χ3v) is 3.74. The molecule has 2 amide bonds. The third-order valence-electron chi connectivity index (χ3n) is 3.65. The number of ether oxygens (including phenoxy) is 2. The van der Waals surface area contributed by atoms with Gasteiger partial charge >= 0.3 is 6.09 Å². The van der Waals surface area contributed by atoms with Gasteiger partial charge in [0.25, 0.3) is 0 Å². The molecule has 6 nitrogen and oxygen atoms in total. The van der Waals surface area contributed by atoms with Gasteiger partial charge in [0.2, 0.25) is 5.91 Å². The van der Waals surface area contributed by atoms with Gasteiger partial charge in [-0.2, -0.15) is 0 Å². The van der Waals surface area contributed by atoms with Crippen molar-refractivity contribution in [3.05, 3.63) is 29.8 Å². The van der Waals surface area contributed by atoms with Crippen LogP contribution in [0.25, 0.3) is 0 Å². The molecule has 0 bridgehead atoms. The summed E-state index contributed by atoms with van der Waals surface area (Å²) < 4.78 is 10.6. The number of amides is 2. The average molecular weight is 355 g/mol. The van der Waals surface area contributed by atoms with E-state index in [-0.39, 0.29) is 18.9 Å². The molecule has 1 aliphatic heterocycles. The van der Waals surface area contributed by atoms with Gasteiger partial charge in [-0.3, -0.25) is 4.79 Å². The van der Waals surface area contributed by atoms with Crippen LogP contribution < -0.4 is 4.74 Å². The highest BCUT2D eigenvalue weighted by Crippen LogP contribution is 2.22. The number of para-hydroxylation sites is 1. The Labute approximate surface area is 147 Å². The number of carbonyl (C=O) groups excluding carboxylic acids is 2. The quantitative estimate of drug-likeness (QED) is 0.762. The summed E-state index contributed by atoms with van der Waals surface area (Å²) in [7, 11) is 0. The standard InChI is InChI=1S/C17H23ClN2O4/c1-3-23-17(22)20-11-7-6-10-19(20)16(21)12-14-8-4-5-9-15(14)24-13(2)18/h4-5,8-9,13H,3,6-7,10-12H2,1-2H3. The van der Waals surface area contributed by atoms with Crippen molar-refractivity contribution in [2.24, 2.45) is 0 Å². The lowest BCUT2D eigenvalue weighted by atomic mass is 10.1. The number of hydrogen-bond acceptors (Lipinski definition) is 4. The number of hydrogen-bond donors (Lipinski definition) is 0. The van der Waals surface area contributed by atoms with Gasteiger partial charge in [0, 0.05) is 18.7 Å². The van der Waals surface area contributed by atoms with Gasteiger partial charge in [-0.1, -0.05) is 29.8 Å². The molecule has 1 fully saturated rings. The third kappa shape index (κ3) is 4.77. The predicted molar refractivity (Wildman–Crippen MR) is 90.8 cm³/mol. The smallest absolute Gasteiger partial charge is 0.428 e. The highest BCUT2D eigenvalue weighted by molar-refractivity contribution is 6.19. The molecule has 0 aromatic heterocycles. The fourth-order valence-corrected chi connectivity index (χ4v) is 2.70. The summed E-state index contributed by atoms with van der Waals surface area (Å²) in [6.45, 7) is 4.73. The number of halogens is 1. The van der Waals surface area contributed by atoms with Crippen molar-refractivity contribution in [1.82, 2.24) is 10.0 Å². The molecule has 0 aliphatic carbocycles. The Kier molecular flexibility index (Phi) is 6.73. The van der Waals surface area contributed by atoms with E-state index in [1.165, 1.54) is 10.0 Å². The van der Waals surface area contributed by atoms with E-state index in [9.17, 15) is 9.59 Å². The minimum Gasteiger partial charge on any atom is -0.475 e. The molecular formula is C17H23ClN2O4. The number of hydrazine groups is 1. The molecule has 1 aromatic carbocycles. The van der Waals surface area contributed by atoms with Crippen molar-refractivity contribution in [3.8, 4) is 5.75 Å². The van der Waals surface area contributed by atoms with E-state index in [0.29, 0.717) is 18.8 Å². The largest absolute Gasteiger partial charge is 0.475 e. The highest BCUT2D eigenvalue weighted by Gasteiger charge is 2.30. The van der Waals surface area contributed by atoms with Gasteiger partial charge < -0.3 is 9.47 Å². The van der Waals surface area contributed by atoms with E-state index in [1.54, 1.807) is 19.9 Å². The first-order valence-corrected chi connectivity index (χ1v) is 8.59. The van der Waals surface area contributed by atoms with Crippen LogP contribution in [0.5, 0.6) is 5.75 Å². The fourth-order valence-electron chi connectivity index (χ4n) is 2.61. The zero-order valence-corrected chi connectivity index (χ0v) is 14.8. The van der Waals surface area contributed by atoms with Gasteiger partial charge in [-0.05, 0) is 32.8 Å². The highest BCUT2D eigenvalue weighted by atomic mass is 35.5. The molecule has 0 saturated carbocycles. The number of benzene rings is 1. The number of rotatable bonds is 5. The molecule has 1 atom stereocenters. The van der Waals surface area contributed by atoms with Crippen LogP contribution in [0.2, 0.25) is 0 Å². The molecule has 1 unspecified atom stereocenters. The number of alkyl halides is 1. The second-order valence-electron chi connectivity index (χ2n) is 5.49. The van der Waals surface area contributed by atoms with Crippen molar-refractivity contribution in [3.63, 3.8) is 0 Å². The topological polar surface area (TPSA) is 59.1 Å². The Bertz CT molecular complexity index is 579. The number of carbonyl (C=O) groups is 2. The monoisotopic (exact) mass is 354 g/mol. The van der Waals surface area contributed by atoms with Crippen molar-refractivity contribution in [2.45, 2.75) is 38.7 Å². The van der Waals surface area contributed by atoms with Gasteiger partial charge in [0.1, 0.15) is 5.75 Å². The Morgan fingerprint density at radius 3 is 2.54 bits per heavy atom. The van der Waals surface area contributed by atoms with Crippen LogP contribution in [0.15, 0.2) is 24.3 Å². The summed E-state index contributed by atoms with van der Waals surface area (Å²) in [6, 6.07) is 7.27. The van der Waals surface area contributed by atoms with Crippen LogP contribution in [0.1, 0.15) is 32.3 Å². The molecule has 1 aliphatic rings. The lowest BCUT2D eigenvalue weighted by molar-refractivity contribution is -0.148. The Hall–Kier alpha value is -1.95. The molecule has 7 heteroatoms. The minimum absolute atomic E-state index is 0.135. The van der Waals surface area contributed by atoms with Crippen LogP contribution in [-0.2, 0) is 16.0 Å². The van der Waals surface area contributed by atoms with Gasteiger partial charge in [-0.15, -0.1) is 0 Å². The van der Waals surface area contributed by atoms with Crippen LogP contribution >= 0.6 is 11.6 Å². The first kappa shape index (κ1) is 18.4. The van der Waals surface area contributed by atoms with Gasteiger partial charge in [-0.25, -0.2) is 14.8 Å². The first-order valence-electron chi connectivity index (χ1n) is 8.16. The summed E-state index contributed by atoms with van der Waals surface area (Å²) >= 11 is 5.88. The molecule has 0 N–H and O–H groups in total. The second kappa shape index (κ2) is 8.78. The van der Waals surface area contributed by atoms with Crippen molar-refractivity contribution < 1.29 is 19.1 Å². The maximum atomic E-state index is 12.7. The van der Waals surface area contributed by atoms with Crippen molar-refractivity contribution in [1.29, 1.82) is 0 Å². The summed E-state index contributed by atoms with van der Waals surface area (Å²) in [5, 5.41) is 2.87. The molecule has 1 aromatic rings. The second-order valence-corrected chi connectivity index (χ2v) is 6.11. The molecular weight excluding hydrogens is 332 g/mol. The minimum atomic E-state index is -0.493. The van der Waals surface area contributed by atoms with E-state index in [4.69, 9.17) is 21.1 Å². The van der Waals surface area contributed by atoms with Gasteiger partial charge in [0.15, 0.2) is 5.56 Å². The van der Waals surface area contributed by atoms with E-state index < -0.39 is 11.7 Å². The molecule has 0 spiro atoms. The van der Waals surface area contributed by atoms with Gasteiger partial charge in [0.05, 0.1) is 13.0 Å². The van der Waals surface area contributed by atoms with Crippen LogP contribution in [0, 0.1) is 0 Å². The molecule has 1 heterocycles. The fraction of sp³-hybridized carbons (Fsp3) is 0.529. The predicted octanol–water partition coefficient (Wildman–Crippen LogP) is 3.19. The maximum absolute atomic E-state index is 12.7. The Morgan fingerprint density at radius 2 is 1.88 bits per heavy atom. The zero-order chi connectivity index (χ0) is 17.5. The lowest BCUT2D eigenvalue weighted by Crippen LogP contribution is -2.53. The Balaban J connectivity index is 2.11. The molecule has 24 heavy (non-hydrogen) atoms. The Morgan fingerprint density at radius 1 is 1.21 bits per heavy atom. The SMILES string of the molecule is CCOC(=O)N1CCCCN1C(=O)Cc1ccccc1OC(C)Cl. The molecule has 0 radical (unpaired) electrons. The normalized spacial score (nSPS) is 15.8. The summed E-state index contributed by atoms with van der Waals surface area (Å²) in [5.74, 6) is 0.411. The first-order chi connectivity index (χ1) is 11.5. The summed E-state index contributed by atoms with van der Waals surface area (Å²) in [5.41, 5.74) is 0.247. The average Bonchev–Trinajstić information content (AvgIpc) is 2.56. The summed E-state index contributed by atoms with van der Waals surface area (Å²) in [4.78, 5) is 24.8. The molecule has 132 valence electrons. The van der Waals surface area contributed by atoms with Crippen molar-refractivity contribution in [2.75, 3.05) is 19.7 Å².